The first-order valence-corrected chi connectivity index (χ1v) is 6.81. The number of hydrogen-bond donors (Lipinski definition) is 1. The molecule has 0 spiro atoms. The summed E-state index contributed by atoms with van der Waals surface area (Å²) in [5, 5.41) is 0. The second kappa shape index (κ2) is 5.69. The molecular weight excluding hydrogens is 210 g/mol. The van der Waals surface area contributed by atoms with Crippen molar-refractivity contribution in [2.24, 2.45) is 12.8 Å². The van der Waals surface area contributed by atoms with E-state index in [2.05, 4.69) is 35.7 Å². The molecule has 2 heterocycles. The van der Waals surface area contributed by atoms with Gasteiger partial charge in [0.25, 0.3) is 0 Å². The average Bonchev–Trinajstić information content (AvgIpc) is 2.56. The molecule has 1 aromatic rings. The van der Waals surface area contributed by atoms with E-state index in [4.69, 9.17) is 5.73 Å². The molecule has 1 fully saturated rings. The highest BCUT2D eigenvalue weighted by Gasteiger charge is 2.18. The van der Waals surface area contributed by atoms with Crippen molar-refractivity contribution in [1.82, 2.24) is 9.47 Å². The molecule has 1 aliphatic heterocycles. The van der Waals surface area contributed by atoms with E-state index in [9.17, 15) is 0 Å². The molecule has 0 saturated carbocycles. The van der Waals surface area contributed by atoms with E-state index in [1.54, 1.807) is 0 Å². The molecule has 0 bridgehead atoms. The first-order chi connectivity index (χ1) is 8.22. The van der Waals surface area contributed by atoms with E-state index in [0.717, 1.165) is 0 Å². The Bertz CT molecular complexity index is 348. The molecule has 1 saturated heterocycles. The highest BCUT2D eigenvalue weighted by Crippen LogP contribution is 2.24. The van der Waals surface area contributed by atoms with Gasteiger partial charge in [-0.3, -0.25) is 4.90 Å². The molecule has 96 valence electrons. The second-order valence-corrected chi connectivity index (χ2v) is 5.21. The highest BCUT2D eigenvalue weighted by atomic mass is 15.2. The van der Waals surface area contributed by atoms with Crippen molar-refractivity contribution in [2.45, 2.75) is 45.2 Å². The fourth-order valence-electron chi connectivity index (χ4n) is 2.76. The molecule has 0 aliphatic carbocycles. The summed E-state index contributed by atoms with van der Waals surface area (Å²) in [6.07, 6.45) is 7.72. The van der Waals surface area contributed by atoms with Gasteiger partial charge in [0.2, 0.25) is 0 Å². The largest absolute Gasteiger partial charge is 0.353 e. The van der Waals surface area contributed by atoms with Gasteiger partial charge in [0.1, 0.15) is 0 Å². The maximum Gasteiger partial charge on any atom is 0.0334 e. The number of likely N-dealkylation sites (tertiary alicyclic amines) is 1. The number of rotatable bonds is 3. The quantitative estimate of drug-likeness (QED) is 0.873. The van der Waals surface area contributed by atoms with Crippen LogP contribution in [0.5, 0.6) is 0 Å². The Balaban J connectivity index is 2.08. The van der Waals surface area contributed by atoms with Crippen LogP contribution in [-0.2, 0) is 13.6 Å². The summed E-state index contributed by atoms with van der Waals surface area (Å²) in [6, 6.07) is 2.79. The van der Waals surface area contributed by atoms with E-state index in [1.165, 1.54) is 50.0 Å². The standard InChI is InChI=1S/C14H25N3/c1-12(17-7-5-3-4-6-8-17)13-9-14(10-15)16(2)11-13/h9,11-12H,3-8,10,15H2,1-2H3. The Hall–Kier alpha value is -0.800. The fourth-order valence-corrected chi connectivity index (χ4v) is 2.76. The van der Waals surface area contributed by atoms with Crippen LogP contribution in [0.3, 0.4) is 0 Å². The summed E-state index contributed by atoms with van der Waals surface area (Å²) < 4.78 is 2.16. The third-order valence-corrected chi connectivity index (χ3v) is 4.01. The monoisotopic (exact) mass is 235 g/mol. The van der Waals surface area contributed by atoms with Crippen LogP contribution in [0.2, 0.25) is 0 Å². The summed E-state index contributed by atoms with van der Waals surface area (Å²) in [6.45, 7) is 5.44. The molecule has 1 aromatic heterocycles. The van der Waals surface area contributed by atoms with Crippen molar-refractivity contribution in [3.05, 3.63) is 23.5 Å². The first-order valence-electron chi connectivity index (χ1n) is 6.81. The van der Waals surface area contributed by atoms with Crippen molar-refractivity contribution in [3.63, 3.8) is 0 Å². The molecule has 0 radical (unpaired) electrons. The van der Waals surface area contributed by atoms with Gasteiger partial charge >= 0.3 is 0 Å². The number of hydrogen-bond acceptors (Lipinski definition) is 2. The smallest absolute Gasteiger partial charge is 0.0334 e. The Morgan fingerprint density at radius 2 is 1.88 bits per heavy atom. The Morgan fingerprint density at radius 3 is 2.41 bits per heavy atom. The van der Waals surface area contributed by atoms with Crippen molar-refractivity contribution in [2.75, 3.05) is 13.1 Å². The van der Waals surface area contributed by atoms with Crippen LogP contribution >= 0.6 is 0 Å². The van der Waals surface area contributed by atoms with Gasteiger partial charge < -0.3 is 10.3 Å². The van der Waals surface area contributed by atoms with Crippen LogP contribution < -0.4 is 5.73 Å². The lowest BCUT2D eigenvalue weighted by molar-refractivity contribution is 0.219. The topological polar surface area (TPSA) is 34.2 Å². The maximum atomic E-state index is 5.73. The van der Waals surface area contributed by atoms with Crippen LogP contribution in [-0.4, -0.2) is 22.6 Å². The summed E-state index contributed by atoms with van der Waals surface area (Å²) in [4.78, 5) is 2.61. The number of nitrogens with zero attached hydrogens (tertiary/aromatic N) is 2. The minimum absolute atomic E-state index is 0.527. The Labute approximate surface area is 105 Å². The van der Waals surface area contributed by atoms with E-state index in [-0.39, 0.29) is 0 Å². The second-order valence-electron chi connectivity index (χ2n) is 5.21. The van der Waals surface area contributed by atoms with Gasteiger partial charge in [-0.25, -0.2) is 0 Å². The van der Waals surface area contributed by atoms with E-state index < -0.39 is 0 Å². The summed E-state index contributed by atoms with van der Waals surface area (Å²) in [5.74, 6) is 0. The molecule has 1 atom stereocenters. The van der Waals surface area contributed by atoms with Gasteiger partial charge in [-0.05, 0) is 44.5 Å². The van der Waals surface area contributed by atoms with Crippen molar-refractivity contribution < 1.29 is 0 Å². The van der Waals surface area contributed by atoms with Gasteiger partial charge in [-0.2, -0.15) is 0 Å². The third kappa shape index (κ3) is 2.90. The van der Waals surface area contributed by atoms with Crippen molar-refractivity contribution in [3.8, 4) is 0 Å². The Kier molecular flexibility index (Phi) is 4.24. The highest BCUT2D eigenvalue weighted by molar-refractivity contribution is 5.21. The number of aryl methyl sites for hydroxylation is 1. The molecule has 1 aliphatic rings. The van der Waals surface area contributed by atoms with E-state index in [1.807, 2.05) is 0 Å². The molecular formula is C14H25N3. The fraction of sp³-hybridized carbons (Fsp3) is 0.714. The predicted molar refractivity (Wildman–Crippen MR) is 71.8 cm³/mol. The van der Waals surface area contributed by atoms with E-state index in [0.29, 0.717) is 12.6 Å². The zero-order chi connectivity index (χ0) is 12.3. The molecule has 0 amide bonds. The summed E-state index contributed by atoms with van der Waals surface area (Å²) in [7, 11) is 2.08. The lowest BCUT2D eigenvalue weighted by Crippen LogP contribution is -2.27. The van der Waals surface area contributed by atoms with Gasteiger partial charge in [0.05, 0.1) is 0 Å². The summed E-state index contributed by atoms with van der Waals surface area (Å²) in [5.41, 5.74) is 8.37. The molecule has 3 nitrogen and oxygen atoms in total. The van der Waals surface area contributed by atoms with Crippen molar-refractivity contribution >= 4 is 0 Å². The third-order valence-electron chi connectivity index (χ3n) is 4.01. The van der Waals surface area contributed by atoms with Crippen LogP contribution in [0.4, 0.5) is 0 Å². The van der Waals surface area contributed by atoms with Crippen LogP contribution in [0.1, 0.15) is 49.9 Å². The molecule has 3 heteroatoms. The average molecular weight is 235 g/mol. The van der Waals surface area contributed by atoms with Gasteiger partial charge in [-0.1, -0.05) is 12.8 Å². The zero-order valence-corrected chi connectivity index (χ0v) is 11.2. The van der Waals surface area contributed by atoms with Gasteiger partial charge in [-0.15, -0.1) is 0 Å². The molecule has 2 rings (SSSR count). The molecule has 17 heavy (non-hydrogen) atoms. The minimum atomic E-state index is 0.527. The van der Waals surface area contributed by atoms with Crippen LogP contribution in [0.25, 0.3) is 0 Å². The van der Waals surface area contributed by atoms with E-state index >= 15 is 0 Å². The lowest BCUT2D eigenvalue weighted by atomic mass is 10.1. The molecule has 0 aromatic carbocycles. The Morgan fingerprint density at radius 1 is 1.24 bits per heavy atom. The maximum absolute atomic E-state index is 5.73. The normalized spacial score (nSPS) is 20.2. The van der Waals surface area contributed by atoms with Gasteiger partial charge in [0, 0.05) is 31.5 Å². The number of aromatic nitrogens is 1. The lowest BCUT2D eigenvalue weighted by Gasteiger charge is -2.27. The van der Waals surface area contributed by atoms with Crippen LogP contribution in [0.15, 0.2) is 12.3 Å². The predicted octanol–water partition coefficient (Wildman–Crippen LogP) is 2.42. The molecule has 1 unspecified atom stereocenters. The number of nitrogens with two attached hydrogens (primary N) is 1. The zero-order valence-electron chi connectivity index (χ0n) is 11.2. The summed E-state index contributed by atoms with van der Waals surface area (Å²) >= 11 is 0. The minimum Gasteiger partial charge on any atom is -0.353 e. The first kappa shape index (κ1) is 12.7. The van der Waals surface area contributed by atoms with Crippen LogP contribution in [0, 0.1) is 0 Å². The van der Waals surface area contributed by atoms with Gasteiger partial charge in [0.15, 0.2) is 0 Å². The molecule has 2 N–H and O–H groups in total. The van der Waals surface area contributed by atoms with Crippen molar-refractivity contribution in [1.29, 1.82) is 0 Å². The SMILES string of the molecule is CC(c1cc(CN)n(C)c1)N1CCCCCC1.